The van der Waals surface area contributed by atoms with E-state index in [0.717, 1.165) is 5.56 Å². The second-order valence-corrected chi connectivity index (χ2v) is 7.42. The van der Waals surface area contributed by atoms with Gasteiger partial charge in [0.2, 0.25) is 5.75 Å². The molecular formula is C20H20O5. The van der Waals surface area contributed by atoms with Crippen LogP contribution in [-0.2, 0) is 17.4 Å². The van der Waals surface area contributed by atoms with Gasteiger partial charge in [-0.25, -0.2) is 0 Å². The lowest BCUT2D eigenvalue weighted by atomic mass is 9.65. The number of methoxy groups -OCH3 is 1. The molecule has 0 aromatic heterocycles. The number of hydrogen-bond donors (Lipinski definition) is 3. The lowest BCUT2D eigenvalue weighted by molar-refractivity contribution is -0.0182. The molecule has 0 bridgehead atoms. The summed E-state index contributed by atoms with van der Waals surface area (Å²) in [6.45, 7) is 3.99. The number of benzene rings is 2. The minimum Gasteiger partial charge on any atom is -0.504 e. The van der Waals surface area contributed by atoms with Gasteiger partial charge in [0.1, 0.15) is 0 Å². The van der Waals surface area contributed by atoms with Crippen molar-refractivity contribution in [3.8, 4) is 17.2 Å². The molecule has 25 heavy (non-hydrogen) atoms. The van der Waals surface area contributed by atoms with E-state index >= 15 is 0 Å². The van der Waals surface area contributed by atoms with Gasteiger partial charge in [0.05, 0.1) is 7.11 Å². The Morgan fingerprint density at radius 3 is 2.40 bits per heavy atom. The number of phenols is 2. The number of phenolic OH excluding ortho intramolecular Hbond substituents is 2. The highest BCUT2D eigenvalue weighted by Gasteiger charge is 2.61. The first kappa shape index (κ1) is 16.0. The molecule has 0 spiro atoms. The van der Waals surface area contributed by atoms with Crippen LogP contribution in [-0.4, -0.2) is 28.2 Å². The molecular weight excluding hydrogens is 320 g/mol. The molecule has 130 valence electrons. The van der Waals surface area contributed by atoms with E-state index in [0.29, 0.717) is 11.1 Å². The highest BCUT2D eigenvalue weighted by molar-refractivity contribution is 6.07. The topological polar surface area (TPSA) is 87.0 Å². The highest BCUT2D eigenvalue weighted by Crippen LogP contribution is 2.59. The fourth-order valence-electron chi connectivity index (χ4n) is 4.61. The summed E-state index contributed by atoms with van der Waals surface area (Å²) in [5, 5.41) is 32.0. The van der Waals surface area contributed by atoms with Crippen LogP contribution in [0.25, 0.3) is 0 Å². The van der Waals surface area contributed by atoms with Gasteiger partial charge < -0.3 is 20.1 Å². The van der Waals surface area contributed by atoms with E-state index in [1.807, 2.05) is 32.0 Å². The third-order valence-electron chi connectivity index (χ3n) is 5.97. The average Bonchev–Trinajstić information content (AvgIpc) is 2.78. The third-order valence-corrected chi connectivity index (χ3v) is 5.97. The quantitative estimate of drug-likeness (QED) is 0.695. The molecule has 4 rings (SSSR count). The Kier molecular flexibility index (Phi) is 3.04. The van der Waals surface area contributed by atoms with Gasteiger partial charge in [-0.3, -0.25) is 4.79 Å². The molecule has 0 aliphatic heterocycles. The molecule has 2 atom stereocenters. The van der Waals surface area contributed by atoms with Crippen molar-refractivity contribution in [2.24, 2.45) is 5.92 Å². The number of Topliss-reactive ketones (excluding diaryl/α,β-unsaturated/α-hetero) is 1. The van der Waals surface area contributed by atoms with Crippen LogP contribution >= 0.6 is 0 Å². The zero-order valence-corrected chi connectivity index (χ0v) is 14.3. The van der Waals surface area contributed by atoms with E-state index in [1.165, 1.54) is 13.2 Å². The molecule has 0 heterocycles. The predicted molar refractivity (Wildman–Crippen MR) is 91.2 cm³/mol. The van der Waals surface area contributed by atoms with Gasteiger partial charge >= 0.3 is 0 Å². The first-order chi connectivity index (χ1) is 11.7. The van der Waals surface area contributed by atoms with Gasteiger partial charge in [-0.1, -0.05) is 38.1 Å². The maximum atomic E-state index is 13.3. The van der Waals surface area contributed by atoms with Crippen molar-refractivity contribution in [1.82, 2.24) is 0 Å². The van der Waals surface area contributed by atoms with Gasteiger partial charge in [-0.05, 0) is 29.0 Å². The SMILES string of the molecule is COc1cc2c(c(O)c1O)C[C@@H]1C(C)(C)c3ccccc3[C@@]1(O)C2=O. The number of hydrogen-bond acceptors (Lipinski definition) is 5. The van der Waals surface area contributed by atoms with E-state index in [1.54, 1.807) is 6.07 Å². The monoisotopic (exact) mass is 340 g/mol. The Labute approximate surface area is 145 Å². The summed E-state index contributed by atoms with van der Waals surface area (Å²) < 4.78 is 5.05. The largest absolute Gasteiger partial charge is 0.504 e. The molecule has 0 saturated carbocycles. The van der Waals surface area contributed by atoms with Crippen LogP contribution in [0, 0.1) is 5.92 Å². The van der Waals surface area contributed by atoms with Crippen molar-refractivity contribution in [2.45, 2.75) is 31.3 Å². The van der Waals surface area contributed by atoms with E-state index in [-0.39, 0.29) is 29.2 Å². The maximum absolute atomic E-state index is 13.3. The molecule has 3 N–H and O–H groups in total. The molecule has 2 aromatic rings. The molecule has 0 saturated heterocycles. The fourth-order valence-corrected chi connectivity index (χ4v) is 4.61. The molecule has 0 unspecified atom stereocenters. The summed E-state index contributed by atoms with van der Waals surface area (Å²) in [4.78, 5) is 13.3. The van der Waals surface area contributed by atoms with E-state index < -0.39 is 22.7 Å². The van der Waals surface area contributed by atoms with Crippen molar-refractivity contribution < 1.29 is 24.9 Å². The Morgan fingerprint density at radius 1 is 1.12 bits per heavy atom. The Balaban J connectivity index is 2.02. The minimum atomic E-state index is -1.65. The molecule has 0 radical (unpaired) electrons. The van der Waals surface area contributed by atoms with E-state index in [9.17, 15) is 20.1 Å². The van der Waals surface area contributed by atoms with Crippen LogP contribution in [0.3, 0.4) is 0 Å². The number of aliphatic hydroxyl groups is 1. The lowest BCUT2D eigenvalue weighted by Crippen LogP contribution is -2.48. The van der Waals surface area contributed by atoms with Gasteiger partial charge in [0, 0.05) is 17.0 Å². The minimum absolute atomic E-state index is 0.0113. The first-order valence-corrected chi connectivity index (χ1v) is 8.23. The smallest absolute Gasteiger partial charge is 0.200 e. The maximum Gasteiger partial charge on any atom is 0.200 e. The highest BCUT2D eigenvalue weighted by atomic mass is 16.5. The second-order valence-electron chi connectivity index (χ2n) is 7.42. The van der Waals surface area contributed by atoms with Crippen LogP contribution in [0.2, 0.25) is 0 Å². The molecule has 5 heteroatoms. The van der Waals surface area contributed by atoms with Crippen LogP contribution in [0.4, 0.5) is 0 Å². The Hall–Kier alpha value is -2.53. The summed E-state index contributed by atoms with van der Waals surface area (Å²) in [7, 11) is 1.35. The number of carbonyl (C=O) groups excluding carboxylic acids is 1. The number of ether oxygens (including phenoxy) is 1. The van der Waals surface area contributed by atoms with Gasteiger partial charge in [0.15, 0.2) is 22.9 Å². The van der Waals surface area contributed by atoms with Crippen molar-refractivity contribution in [1.29, 1.82) is 0 Å². The zero-order valence-electron chi connectivity index (χ0n) is 14.3. The van der Waals surface area contributed by atoms with Crippen molar-refractivity contribution in [3.05, 3.63) is 52.6 Å². The van der Waals surface area contributed by atoms with Crippen molar-refractivity contribution in [3.63, 3.8) is 0 Å². The summed E-state index contributed by atoms with van der Waals surface area (Å²) in [6, 6.07) is 8.83. The third kappa shape index (κ3) is 1.74. The van der Waals surface area contributed by atoms with Crippen LogP contribution in [0.1, 0.15) is 40.9 Å². The molecule has 0 fully saturated rings. The molecule has 5 nitrogen and oxygen atoms in total. The van der Waals surface area contributed by atoms with E-state index in [2.05, 4.69) is 0 Å². The molecule has 2 aliphatic carbocycles. The lowest BCUT2D eigenvalue weighted by Gasteiger charge is -2.40. The number of carbonyl (C=O) groups is 1. The predicted octanol–water partition coefficient (Wildman–Crippen LogP) is 2.64. The molecule has 2 aliphatic rings. The van der Waals surface area contributed by atoms with Gasteiger partial charge in [0.25, 0.3) is 0 Å². The van der Waals surface area contributed by atoms with E-state index in [4.69, 9.17) is 4.74 Å². The second kappa shape index (κ2) is 4.76. The van der Waals surface area contributed by atoms with Crippen molar-refractivity contribution >= 4 is 5.78 Å². The van der Waals surface area contributed by atoms with Gasteiger partial charge in [-0.2, -0.15) is 0 Å². The zero-order chi connectivity index (χ0) is 18.1. The normalized spacial score (nSPS) is 25.9. The van der Waals surface area contributed by atoms with Crippen LogP contribution < -0.4 is 4.74 Å². The van der Waals surface area contributed by atoms with Crippen LogP contribution in [0.15, 0.2) is 30.3 Å². The number of fused-ring (bicyclic) bond motifs is 4. The average molecular weight is 340 g/mol. The number of rotatable bonds is 1. The summed E-state index contributed by atoms with van der Waals surface area (Å²) >= 11 is 0. The Morgan fingerprint density at radius 2 is 1.76 bits per heavy atom. The standard InChI is InChI=1S/C20H20O5/c1-19(2)12-6-4-5-7-13(12)20(24)15(19)9-10-11(18(20)23)8-14(25-3)17(22)16(10)21/h4-8,15,21-22,24H,9H2,1-3H3/t15-,20+/m1/s1. The molecule has 0 amide bonds. The van der Waals surface area contributed by atoms with Crippen molar-refractivity contribution in [2.75, 3.05) is 7.11 Å². The number of ketones is 1. The first-order valence-electron chi connectivity index (χ1n) is 8.23. The fraction of sp³-hybridized carbons (Fsp3) is 0.350. The summed E-state index contributed by atoms with van der Waals surface area (Å²) in [5.74, 6) is -1.62. The molecule has 2 aromatic carbocycles. The Bertz CT molecular complexity index is 915. The summed E-state index contributed by atoms with van der Waals surface area (Å²) in [6.07, 6.45) is 0.280. The number of aromatic hydroxyl groups is 2. The summed E-state index contributed by atoms with van der Waals surface area (Å²) in [5.41, 5.74) is -0.00821. The van der Waals surface area contributed by atoms with Gasteiger partial charge in [-0.15, -0.1) is 0 Å². The van der Waals surface area contributed by atoms with Crippen LogP contribution in [0.5, 0.6) is 17.2 Å².